The first kappa shape index (κ1) is 19.7. The molecule has 1 amide bonds. The van der Waals surface area contributed by atoms with Crippen LogP contribution in [-0.4, -0.2) is 49.8 Å². The summed E-state index contributed by atoms with van der Waals surface area (Å²) in [6, 6.07) is 10.1. The molecule has 0 atom stereocenters. The van der Waals surface area contributed by atoms with Gasteiger partial charge in [0.25, 0.3) is 0 Å². The number of amides is 1. The second-order valence-electron chi connectivity index (χ2n) is 9.65. The van der Waals surface area contributed by atoms with Crippen molar-refractivity contribution >= 4 is 6.09 Å². The van der Waals surface area contributed by atoms with Crippen molar-refractivity contribution < 1.29 is 9.53 Å². The molecule has 154 valence electrons. The van der Waals surface area contributed by atoms with E-state index in [1.807, 2.05) is 30.3 Å². The van der Waals surface area contributed by atoms with Gasteiger partial charge in [0, 0.05) is 12.6 Å². The summed E-state index contributed by atoms with van der Waals surface area (Å²) in [7, 11) is 0. The van der Waals surface area contributed by atoms with Gasteiger partial charge in [0.1, 0.15) is 6.61 Å². The predicted molar refractivity (Wildman–Crippen MR) is 111 cm³/mol. The zero-order valence-electron chi connectivity index (χ0n) is 17.2. The highest BCUT2D eigenvalue weighted by molar-refractivity contribution is 5.67. The van der Waals surface area contributed by atoms with Gasteiger partial charge < -0.3 is 20.3 Å². The van der Waals surface area contributed by atoms with Crippen molar-refractivity contribution in [1.29, 1.82) is 0 Å². The van der Waals surface area contributed by atoms with E-state index in [0.29, 0.717) is 17.4 Å². The summed E-state index contributed by atoms with van der Waals surface area (Å²) in [5.74, 6) is 0. The molecule has 28 heavy (non-hydrogen) atoms. The number of hydrogen-bond donors (Lipinski definition) is 2. The Labute approximate surface area is 169 Å². The molecule has 0 bridgehead atoms. The average Bonchev–Trinajstić information content (AvgIpc) is 2.68. The molecular weight excluding hydrogens is 350 g/mol. The first-order valence-electron chi connectivity index (χ1n) is 10.9. The minimum Gasteiger partial charge on any atom is -0.445 e. The largest absolute Gasteiger partial charge is 0.445 e. The van der Waals surface area contributed by atoms with Crippen molar-refractivity contribution in [3.05, 3.63) is 35.9 Å². The third-order valence-electron chi connectivity index (χ3n) is 7.23. The van der Waals surface area contributed by atoms with E-state index < -0.39 is 0 Å². The molecule has 2 saturated heterocycles. The Morgan fingerprint density at radius 3 is 2.50 bits per heavy atom. The number of alkyl carbamates (subject to hydrolysis) is 1. The number of piperidine rings is 2. The summed E-state index contributed by atoms with van der Waals surface area (Å²) in [5, 5.41) is 6.54. The highest BCUT2D eigenvalue weighted by Gasteiger charge is 2.46. The molecule has 1 saturated carbocycles. The Morgan fingerprint density at radius 2 is 1.82 bits per heavy atom. The molecule has 2 aliphatic heterocycles. The number of carbonyl (C=O) groups excluding carboxylic acids is 1. The number of nitrogens with zero attached hydrogens (tertiary/aromatic N) is 1. The van der Waals surface area contributed by atoms with Gasteiger partial charge in [0.2, 0.25) is 0 Å². The summed E-state index contributed by atoms with van der Waals surface area (Å²) < 4.78 is 5.36. The highest BCUT2D eigenvalue weighted by atomic mass is 16.5. The van der Waals surface area contributed by atoms with Crippen LogP contribution in [-0.2, 0) is 11.3 Å². The van der Waals surface area contributed by atoms with Gasteiger partial charge in [-0.15, -0.1) is 0 Å². The van der Waals surface area contributed by atoms with E-state index in [1.54, 1.807) is 0 Å². The van der Waals surface area contributed by atoms with Crippen molar-refractivity contribution in [2.75, 3.05) is 32.7 Å². The van der Waals surface area contributed by atoms with Gasteiger partial charge in [-0.1, -0.05) is 37.3 Å². The van der Waals surface area contributed by atoms with Crippen LogP contribution < -0.4 is 10.6 Å². The number of rotatable bonds is 5. The second-order valence-corrected chi connectivity index (χ2v) is 9.65. The molecule has 0 unspecified atom stereocenters. The molecule has 5 heteroatoms. The van der Waals surface area contributed by atoms with E-state index in [-0.39, 0.29) is 12.1 Å². The Bertz CT molecular complexity index is 641. The first-order chi connectivity index (χ1) is 13.5. The Morgan fingerprint density at radius 1 is 1.14 bits per heavy atom. The van der Waals surface area contributed by atoms with E-state index in [0.717, 1.165) is 18.4 Å². The van der Waals surface area contributed by atoms with Crippen LogP contribution in [0.1, 0.15) is 51.0 Å². The summed E-state index contributed by atoms with van der Waals surface area (Å²) >= 11 is 0. The number of ether oxygens (including phenoxy) is 1. The number of hydrogen-bond acceptors (Lipinski definition) is 4. The number of likely N-dealkylation sites (tertiary alicyclic amines) is 1. The van der Waals surface area contributed by atoms with Crippen molar-refractivity contribution in [3.8, 4) is 0 Å². The SMILES string of the molecule is CC1(CN2CCC3(CC2)CC(NC(=O)OCc2ccccc2)C3)CCNCC1. The second kappa shape index (κ2) is 8.42. The Balaban J connectivity index is 1.15. The molecule has 0 radical (unpaired) electrons. The van der Waals surface area contributed by atoms with Crippen LogP contribution in [0.4, 0.5) is 4.79 Å². The molecular formula is C23H35N3O2. The van der Waals surface area contributed by atoms with Gasteiger partial charge in [0.05, 0.1) is 0 Å². The lowest BCUT2D eigenvalue weighted by Gasteiger charge is -2.53. The summed E-state index contributed by atoms with van der Waals surface area (Å²) in [6.07, 6.45) is 7.10. The fourth-order valence-electron chi connectivity index (χ4n) is 5.34. The summed E-state index contributed by atoms with van der Waals surface area (Å²) in [6.45, 7) is 8.82. The maximum atomic E-state index is 12.1. The fraction of sp³-hybridized carbons (Fsp3) is 0.696. The molecule has 5 nitrogen and oxygen atoms in total. The van der Waals surface area contributed by atoms with Crippen LogP contribution in [0.5, 0.6) is 0 Å². The monoisotopic (exact) mass is 385 g/mol. The minimum absolute atomic E-state index is 0.278. The normalized spacial score (nSPS) is 24.5. The van der Waals surface area contributed by atoms with Gasteiger partial charge in [-0.3, -0.25) is 0 Å². The van der Waals surface area contributed by atoms with Crippen LogP contribution in [0.25, 0.3) is 0 Å². The van der Waals surface area contributed by atoms with Crippen LogP contribution in [0, 0.1) is 10.8 Å². The third-order valence-corrected chi connectivity index (χ3v) is 7.23. The van der Waals surface area contributed by atoms with Crippen LogP contribution >= 0.6 is 0 Å². The molecule has 3 fully saturated rings. The van der Waals surface area contributed by atoms with E-state index in [4.69, 9.17) is 4.74 Å². The van der Waals surface area contributed by atoms with E-state index >= 15 is 0 Å². The zero-order valence-corrected chi connectivity index (χ0v) is 17.2. The Hall–Kier alpha value is -1.59. The topological polar surface area (TPSA) is 53.6 Å². The lowest BCUT2D eigenvalue weighted by atomic mass is 9.60. The van der Waals surface area contributed by atoms with Gasteiger partial charge >= 0.3 is 6.09 Å². The molecule has 1 spiro atoms. The smallest absolute Gasteiger partial charge is 0.407 e. The van der Waals surface area contributed by atoms with E-state index in [1.165, 1.54) is 58.4 Å². The molecule has 2 heterocycles. The van der Waals surface area contributed by atoms with Crippen LogP contribution in [0.2, 0.25) is 0 Å². The van der Waals surface area contributed by atoms with Crippen molar-refractivity contribution in [2.24, 2.45) is 10.8 Å². The van der Waals surface area contributed by atoms with Crippen LogP contribution in [0.3, 0.4) is 0 Å². The quantitative estimate of drug-likeness (QED) is 0.814. The number of nitrogens with one attached hydrogen (secondary N) is 2. The maximum Gasteiger partial charge on any atom is 0.407 e. The fourth-order valence-corrected chi connectivity index (χ4v) is 5.34. The van der Waals surface area contributed by atoms with Crippen molar-refractivity contribution in [1.82, 2.24) is 15.5 Å². The summed E-state index contributed by atoms with van der Waals surface area (Å²) in [4.78, 5) is 14.7. The zero-order chi connectivity index (χ0) is 19.5. The lowest BCUT2D eigenvalue weighted by molar-refractivity contribution is -0.00856. The van der Waals surface area contributed by atoms with E-state index in [2.05, 4.69) is 22.5 Å². The Kier molecular flexibility index (Phi) is 5.93. The van der Waals surface area contributed by atoms with Gasteiger partial charge in [-0.2, -0.15) is 0 Å². The molecule has 3 aliphatic rings. The number of benzene rings is 1. The number of carbonyl (C=O) groups is 1. The first-order valence-corrected chi connectivity index (χ1v) is 10.9. The highest BCUT2D eigenvalue weighted by Crippen LogP contribution is 2.49. The molecule has 2 N–H and O–H groups in total. The van der Waals surface area contributed by atoms with Crippen molar-refractivity contribution in [2.45, 2.75) is 58.1 Å². The third kappa shape index (κ3) is 4.87. The molecule has 1 aliphatic carbocycles. The van der Waals surface area contributed by atoms with E-state index in [9.17, 15) is 4.79 Å². The molecule has 4 rings (SSSR count). The van der Waals surface area contributed by atoms with Crippen molar-refractivity contribution in [3.63, 3.8) is 0 Å². The molecule has 1 aromatic carbocycles. The predicted octanol–water partition coefficient (Wildman–Crippen LogP) is 3.55. The lowest BCUT2D eigenvalue weighted by Crippen LogP contribution is -2.56. The minimum atomic E-state index is -0.278. The average molecular weight is 386 g/mol. The van der Waals surface area contributed by atoms with Gasteiger partial charge in [0.15, 0.2) is 0 Å². The van der Waals surface area contributed by atoms with Crippen LogP contribution in [0.15, 0.2) is 30.3 Å². The van der Waals surface area contributed by atoms with Gasteiger partial charge in [-0.25, -0.2) is 4.79 Å². The standard InChI is InChI=1S/C23H35N3O2/c1-22(7-11-24-12-8-22)18-26-13-9-23(10-14-26)15-20(16-23)25-21(27)28-17-19-5-3-2-4-6-19/h2-6,20,24H,7-18H2,1H3,(H,25,27). The summed E-state index contributed by atoms with van der Waals surface area (Å²) in [5.41, 5.74) is 1.97. The van der Waals surface area contributed by atoms with Gasteiger partial charge in [-0.05, 0) is 81.1 Å². The molecule has 0 aromatic heterocycles. The maximum absolute atomic E-state index is 12.1. The molecule has 1 aromatic rings.